The first kappa shape index (κ1) is 6.80. The number of hydrogen-bond donors (Lipinski definition) is 1. The summed E-state index contributed by atoms with van der Waals surface area (Å²) < 4.78 is 0. The molecule has 1 aliphatic rings. The Hall–Kier alpha value is -1.32. The van der Waals surface area contributed by atoms with Crippen LogP contribution >= 0.6 is 0 Å². The fraction of sp³-hybridized carbons (Fsp3) is 0.333. The summed E-state index contributed by atoms with van der Waals surface area (Å²) in [6, 6.07) is 0. The molecule has 0 atom stereocenters. The van der Waals surface area contributed by atoms with Crippen LogP contribution in [0, 0.1) is 0 Å². The summed E-state index contributed by atoms with van der Waals surface area (Å²) in [4.78, 5) is 10.8. The first-order chi connectivity index (χ1) is 4.61. The van der Waals surface area contributed by atoms with Gasteiger partial charge in [-0.3, -0.25) is 9.80 Å². The summed E-state index contributed by atoms with van der Waals surface area (Å²) in [5.74, 6) is 0.332. The van der Waals surface area contributed by atoms with Crippen molar-refractivity contribution in [2.45, 2.75) is 6.92 Å². The van der Waals surface area contributed by atoms with Crippen LogP contribution in [0.5, 0.6) is 0 Å². The molecule has 0 aromatic carbocycles. The zero-order valence-corrected chi connectivity index (χ0v) is 6.01. The molecule has 0 saturated heterocycles. The topological polar surface area (TPSA) is 44.7 Å². The first-order valence-corrected chi connectivity index (χ1v) is 2.90. The Labute approximate surface area is 59.2 Å². The standard InChI is InChI=1S/C6H9N3O/c1-4-6(10)7-5(2)9(3)8-4/h2H2,1,3H3,(H,7,10). The van der Waals surface area contributed by atoms with Gasteiger partial charge in [-0.25, -0.2) is 0 Å². The van der Waals surface area contributed by atoms with Crippen LogP contribution in [0.15, 0.2) is 17.5 Å². The maximum atomic E-state index is 10.8. The van der Waals surface area contributed by atoms with Gasteiger partial charge in [-0.2, -0.15) is 5.10 Å². The molecular weight excluding hydrogens is 130 g/mol. The third kappa shape index (κ3) is 1.00. The van der Waals surface area contributed by atoms with E-state index >= 15 is 0 Å². The predicted octanol–water partition coefficient (Wildman–Crippen LogP) is -0.105. The van der Waals surface area contributed by atoms with Gasteiger partial charge < -0.3 is 5.32 Å². The highest BCUT2D eigenvalue weighted by atomic mass is 16.2. The second-order valence-electron chi connectivity index (χ2n) is 2.11. The second kappa shape index (κ2) is 2.13. The van der Waals surface area contributed by atoms with Gasteiger partial charge in [0.2, 0.25) is 0 Å². The Balaban J connectivity index is 2.89. The number of amides is 1. The number of carbonyl (C=O) groups is 1. The fourth-order valence-electron chi connectivity index (χ4n) is 0.633. The van der Waals surface area contributed by atoms with E-state index in [0.717, 1.165) is 0 Å². The van der Waals surface area contributed by atoms with Crippen LogP contribution in [-0.4, -0.2) is 23.7 Å². The number of hydrogen-bond acceptors (Lipinski definition) is 3. The van der Waals surface area contributed by atoms with Gasteiger partial charge in [0.05, 0.1) is 0 Å². The fourth-order valence-corrected chi connectivity index (χ4v) is 0.633. The molecule has 1 heterocycles. The summed E-state index contributed by atoms with van der Waals surface area (Å²) in [6.07, 6.45) is 0. The molecule has 0 saturated carbocycles. The normalized spacial score (nSPS) is 18.6. The Bertz CT molecular complexity index is 219. The van der Waals surface area contributed by atoms with Gasteiger partial charge in [-0.15, -0.1) is 0 Å². The lowest BCUT2D eigenvalue weighted by atomic mass is 10.4. The van der Waals surface area contributed by atoms with E-state index < -0.39 is 0 Å². The van der Waals surface area contributed by atoms with E-state index in [4.69, 9.17) is 0 Å². The maximum Gasteiger partial charge on any atom is 0.272 e. The number of nitrogens with one attached hydrogen (secondary N) is 1. The number of nitrogens with zero attached hydrogens (tertiary/aromatic N) is 2. The predicted molar refractivity (Wildman–Crippen MR) is 38.2 cm³/mol. The molecular formula is C6H9N3O. The van der Waals surface area contributed by atoms with Gasteiger partial charge in [0.1, 0.15) is 11.5 Å². The van der Waals surface area contributed by atoms with Crippen LogP contribution in [0.1, 0.15) is 6.92 Å². The molecule has 1 amide bonds. The Morgan fingerprint density at radius 3 is 2.80 bits per heavy atom. The lowest BCUT2D eigenvalue weighted by Gasteiger charge is -2.21. The van der Waals surface area contributed by atoms with E-state index in [0.29, 0.717) is 11.5 Å². The van der Waals surface area contributed by atoms with Crippen molar-refractivity contribution in [3.8, 4) is 0 Å². The molecule has 0 unspecified atom stereocenters. The van der Waals surface area contributed by atoms with Crippen molar-refractivity contribution in [1.82, 2.24) is 10.3 Å². The Kier molecular flexibility index (Phi) is 1.45. The molecule has 0 radical (unpaired) electrons. The molecule has 1 aliphatic heterocycles. The third-order valence-corrected chi connectivity index (χ3v) is 1.28. The monoisotopic (exact) mass is 139 g/mol. The molecule has 0 aliphatic carbocycles. The summed E-state index contributed by atoms with van der Waals surface area (Å²) in [5.41, 5.74) is 0.454. The third-order valence-electron chi connectivity index (χ3n) is 1.28. The minimum absolute atomic E-state index is 0.178. The highest BCUT2D eigenvalue weighted by Gasteiger charge is 2.15. The van der Waals surface area contributed by atoms with Crippen molar-refractivity contribution < 1.29 is 4.79 Å². The largest absolute Gasteiger partial charge is 0.306 e. The molecule has 0 spiro atoms. The molecule has 10 heavy (non-hydrogen) atoms. The molecule has 1 N–H and O–H groups in total. The van der Waals surface area contributed by atoms with Crippen LogP contribution in [0.4, 0.5) is 0 Å². The first-order valence-electron chi connectivity index (χ1n) is 2.90. The van der Waals surface area contributed by atoms with Gasteiger partial charge in [0, 0.05) is 7.05 Å². The highest BCUT2D eigenvalue weighted by Crippen LogP contribution is 2.00. The van der Waals surface area contributed by atoms with E-state index in [1.54, 1.807) is 14.0 Å². The van der Waals surface area contributed by atoms with Gasteiger partial charge in [0.15, 0.2) is 0 Å². The van der Waals surface area contributed by atoms with Gasteiger partial charge in [-0.05, 0) is 6.92 Å². The number of carbonyl (C=O) groups excluding carboxylic acids is 1. The molecule has 0 aromatic heterocycles. The number of rotatable bonds is 0. The molecule has 4 heteroatoms. The zero-order chi connectivity index (χ0) is 7.72. The molecule has 0 bridgehead atoms. The van der Waals surface area contributed by atoms with Crippen molar-refractivity contribution in [1.29, 1.82) is 0 Å². The summed E-state index contributed by atoms with van der Waals surface area (Å²) in [7, 11) is 1.73. The van der Waals surface area contributed by atoms with E-state index in [1.807, 2.05) is 0 Å². The molecule has 0 fully saturated rings. The van der Waals surface area contributed by atoms with Crippen LogP contribution in [0.25, 0.3) is 0 Å². The maximum absolute atomic E-state index is 10.8. The zero-order valence-electron chi connectivity index (χ0n) is 6.01. The van der Waals surface area contributed by atoms with E-state index in [1.165, 1.54) is 5.01 Å². The van der Waals surface area contributed by atoms with Gasteiger partial charge in [0.25, 0.3) is 5.91 Å². The Morgan fingerprint density at radius 2 is 2.30 bits per heavy atom. The molecule has 54 valence electrons. The molecule has 0 aromatic rings. The minimum atomic E-state index is -0.178. The van der Waals surface area contributed by atoms with Crippen molar-refractivity contribution in [2.24, 2.45) is 5.10 Å². The average Bonchev–Trinajstić information content (AvgIpc) is 1.84. The van der Waals surface area contributed by atoms with Crippen molar-refractivity contribution >= 4 is 11.6 Å². The lowest BCUT2D eigenvalue weighted by molar-refractivity contribution is -0.115. The van der Waals surface area contributed by atoms with Crippen LogP contribution < -0.4 is 5.32 Å². The summed E-state index contributed by atoms with van der Waals surface area (Å²) in [5, 5.41) is 7.95. The second-order valence-corrected chi connectivity index (χ2v) is 2.11. The summed E-state index contributed by atoms with van der Waals surface area (Å²) >= 11 is 0. The quantitative estimate of drug-likeness (QED) is 0.509. The van der Waals surface area contributed by atoms with Gasteiger partial charge >= 0.3 is 0 Å². The molecule has 1 rings (SSSR count). The van der Waals surface area contributed by atoms with Crippen LogP contribution in [-0.2, 0) is 4.79 Å². The molecule has 4 nitrogen and oxygen atoms in total. The van der Waals surface area contributed by atoms with Crippen LogP contribution in [0.2, 0.25) is 0 Å². The van der Waals surface area contributed by atoms with E-state index in [2.05, 4.69) is 17.0 Å². The smallest absolute Gasteiger partial charge is 0.272 e. The van der Waals surface area contributed by atoms with E-state index in [9.17, 15) is 4.79 Å². The number of hydrazone groups is 1. The minimum Gasteiger partial charge on any atom is -0.306 e. The van der Waals surface area contributed by atoms with Gasteiger partial charge in [-0.1, -0.05) is 6.58 Å². The lowest BCUT2D eigenvalue weighted by Crippen LogP contribution is -2.39. The SMILES string of the molecule is C=C1NC(=O)C(C)=NN1C. The van der Waals surface area contributed by atoms with Crippen LogP contribution in [0.3, 0.4) is 0 Å². The van der Waals surface area contributed by atoms with Crippen molar-refractivity contribution in [3.05, 3.63) is 12.4 Å². The van der Waals surface area contributed by atoms with Crippen molar-refractivity contribution in [2.75, 3.05) is 7.05 Å². The highest BCUT2D eigenvalue weighted by molar-refractivity contribution is 6.38. The van der Waals surface area contributed by atoms with E-state index in [-0.39, 0.29) is 5.91 Å². The average molecular weight is 139 g/mol. The summed E-state index contributed by atoms with van der Waals surface area (Å²) in [6.45, 7) is 5.22. The Morgan fingerprint density at radius 1 is 1.70 bits per heavy atom. The van der Waals surface area contributed by atoms with Crippen molar-refractivity contribution in [3.63, 3.8) is 0 Å².